The SMILES string of the molecule is C[C@@H]1C(=O)N(C(=O)C2C3CC=CCC32)[C@H]2CCN(C(=O)[C@@H]3CCCN3C(=O)O)[C@H]12. The van der Waals surface area contributed by atoms with Crippen molar-refractivity contribution in [2.75, 3.05) is 13.1 Å². The third-order valence-corrected chi connectivity index (χ3v) is 7.79. The van der Waals surface area contributed by atoms with Crippen LogP contribution in [0.5, 0.6) is 0 Å². The Morgan fingerprint density at radius 1 is 1.00 bits per heavy atom. The van der Waals surface area contributed by atoms with Crippen LogP contribution in [0.25, 0.3) is 0 Å². The highest BCUT2D eigenvalue weighted by atomic mass is 16.4. The molecule has 1 N–H and O–H groups in total. The molecule has 4 amide bonds. The molecule has 0 spiro atoms. The lowest BCUT2D eigenvalue weighted by atomic mass is 10.0. The summed E-state index contributed by atoms with van der Waals surface area (Å²) < 4.78 is 0. The number of amides is 4. The van der Waals surface area contributed by atoms with Crippen molar-refractivity contribution in [3.8, 4) is 0 Å². The second kappa shape index (κ2) is 6.57. The Balaban J connectivity index is 1.34. The third-order valence-electron chi connectivity index (χ3n) is 7.79. The van der Waals surface area contributed by atoms with Crippen LogP contribution in [-0.4, -0.2) is 74.8 Å². The molecule has 5 rings (SSSR count). The van der Waals surface area contributed by atoms with Crippen molar-refractivity contribution in [3.05, 3.63) is 12.2 Å². The van der Waals surface area contributed by atoms with Crippen LogP contribution in [0.4, 0.5) is 4.79 Å². The molecule has 29 heavy (non-hydrogen) atoms. The molecule has 1 saturated carbocycles. The van der Waals surface area contributed by atoms with E-state index in [4.69, 9.17) is 0 Å². The average molecular weight is 401 g/mol. The second-order valence-corrected chi connectivity index (χ2v) is 9.14. The molecule has 0 radical (unpaired) electrons. The summed E-state index contributed by atoms with van der Waals surface area (Å²) in [5, 5.41) is 9.38. The first-order chi connectivity index (χ1) is 13.9. The number of nitrogens with zero attached hydrogens (tertiary/aromatic N) is 3. The lowest BCUT2D eigenvalue weighted by molar-refractivity contribution is -0.146. The standard InChI is InChI=1S/C21H27N3O5/c1-11-17-14(8-10-23(17)19(26)15-7-4-9-22(15)21(28)29)24(18(11)25)20(27)16-12-5-2-3-6-13(12)16/h2-3,11-17H,4-10H2,1H3,(H,28,29)/t11-,12?,13?,14-,15-,16?,17+/m0/s1. The minimum atomic E-state index is -1.08. The van der Waals surface area contributed by atoms with E-state index in [1.165, 1.54) is 9.80 Å². The van der Waals surface area contributed by atoms with Crippen molar-refractivity contribution < 1.29 is 24.3 Å². The number of carboxylic acid groups (broad SMARTS) is 1. The molecule has 5 aliphatic rings. The Kier molecular flexibility index (Phi) is 4.22. The van der Waals surface area contributed by atoms with E-state index >= 15 is 0 Å². The van der Waals surface area contributed by atoms with Crippen molar-refractivity contribution in [1.29, 1.82) is 0 Å². The first-order valence-corrected chi connectivity index (χ1v) is 10.7. The van der Waals surface area contributed by atoms with Crippen LogP contribution in [-0.2, 0) is 14.4 Å². The molecule has 156 valence electrons. The maximum absolute atomic E-state index is 13.2. The quantitative estimate of drug-likeness (QED) is 0.556. The molecule has 3 saturated heterocycles. The highest BCUT2D eigenvalue weighted by molar-refractivity contribution is 6.02. The Bertz CT molecular complexity index is 796. The summed E-state index contributed by atoms with van der Waals surface area (Å²) in [5.74, 6) is -0.240. The molecule has 0 bridgehead atoms. The van der Waals surface area contributed by atoms with Gasteiger partial charge in [-0.2, -0.15) is 0 Å². The first kappa shape index (κ1) is 18.6. The maximum Gasteiger partial charge on any atom is 0.407 e. The van der Waals surface area contributed by atoms with Gasteiger partial charge in [-0.25, -0.2) is 4.79 Å². The zero-order chi connectivity index (χ0) is 20.4. The fraction of sp³-hybridized carbons (Fsp3) is 0.714. The van der Waals surface area contributed by atoms with E-state index in [1.54, 1.807) is 11.8 Å². The number of hydrogen-bond donors (Lipinski definition) is 1. The Morgan fingerprint density at radius 3 is 2.34 bits per heavy atom. The number of allylic oxidation sites excluding steroid dienone is 2. The zero-order valence-corrected chi connectivity index (χ0v) is 16.6. The van der Waals surface area contributed by atoms with Crippen LogP contribution in [0, 0.1) is 23.7 Å². The van der Waals surface area contributed by atoms with Gasteiger partial charge in [0.15, 0.2) is 0 Å². The van der Waals surface area contributed by atoms with Crippen LogP contribution < -0.4 is 0 Å². The van der Waals surface area contributed by atoms with Crippen molar-refractivity contribution in [1.82, 2.24) is 14.7 Å². The molecule has 8 heteroatoms. The highest BCUT2D eigenvalue weighted by Crippen LogP contribution is 2.55. The van der Waals surface area contributed by atoms with Gasteiger partial charge in [-0.05, 0) is 43.9 Å². The summed E-state index contributed by atoms with van der Waals surface area (Å²) in [5.41, 5.74) is 0. The van der Waals surface area contributed by atoms with E-state index in [-0.39, 0.29) is 35.7 Å². The molecule has 8 nitrogen and oxygen atoms in total. The molecule has 6 atom stereocenters. The number of carbonyl (C=O) groups is 4. The van der Waals surface area contributed by atoms with Gasteiger partial charge in [-0.15, -0.1) is 0 Å². The predicted molar refractivity (Wildman–Crippen MR) is 102 cm³/mol. The molecule has 4 fully saturated rings. The number of rotatable bonds is 2. The van der Waals surface area contributed by atoms with Gasteiger partial charge in [0, 0.05) is 19.0 Å². The van der Waals surface area contributed by atoms with Crippen molar-refractivity contribution in [3.63, 3.8) is 0 Å². The smallest absolute Gasteiger partial charge is 0.407 e. The molecule has 2 unspecified atom stereocenters. The van der Waals surface area contributed by atoms with Gasteiger partial charge in [-0.3, -0.25) is 24.2 Å². The van der Waals surface area contributed by atoms with Crippen LogP contribution >= 0.6 is 0 Å². The minimum Gasteiger partial charge on any atom is -0.465 e. The van der Waals surface area contributed by atoms with Crippen molar-refractivity contribution in [2.45, 2.75) is 57.2 Å². The van der Waals surface area contributed by atoms with Gasteiger partial charge in [0.25, 0.3) is 0 Å². The number of carbonyl (C=O) groups excluding carboxylic acids is 3. The maximum atomic E-state index is 13.2. The summed E-state index contributed by atoms with van der Waals surface area (Å²) in [7, 11) is 0. The Labute approximate surface area is 169 Å². The molecule has 0 aromatic heterocycles. The van der Waals surface area contributed by atoms with Crippen LogP contribution in [0.2, 0.25) is 0 Å². The molecule has 3 heterocycles. The van der Waals surface area contributed by atoms with E-state index in [0.29, 0.717) is 44.2 Å². The lowest BCUT2D eigenvalue weighted by Crippen LogP contribution is -2.51. The fourth-order valence-electron chi connectivity index (χ4n) is 6.31. The number of likely N-dealkylation sites (tertiary alicyclic amines) is 3. The monoisotopic (exact) mass is 401 g/mol. The average Bonchev–Trinajstić information content (AvgIpc) is 3.01. The zero-order valence-electron chi connectivity index (χ0n) is 16.6. The van der Waals surface area contributed by atoms with Crippen LogP contribution in [0.1, 0.15) is 39.0 Å². The second-order valence-electron chi connectivity index (χ2n) is 9.14. The highest BCUT2D eigenvalue weighted by Gasteiger charge is 2.62. The minimum absolute atomic E-state index is 0.0598. The third kappa shape index (κ3) is 2.64. The summed E-state index contributed by atoms with van der Waals surface area (Å²) in [6, 6.07) is -1.28. The Hall–Kier alpha value is -2.38. The number of imide groups is 1. The molecular formula is C21H27N3O5. The van der Waals surface area contributed by atoms with Crippen LogP contribution in [0.3, 0.4) is 0 Å². The van der Waals surface area contributed by atoms with Gasteiger partial charge < -0.3 is 10.0 Å². The molecular weight excluding hydrogens is 374 g/mol. The molecule has 0 aromatic rings. The number of fused-ring (bicyclic) bond motifs is 2. The summed E-state index contributed by atoms with van der Waals surface area (Å²) in [6.07, 6.45) is 6.75. The Morgan fingerprint density at radius 2 is 1.69 bits per heavy atom. The van der Waals surface area contributed by atoms with Crippen molar-refractivity contribution in [2.24, 2.45) is 23.7 Å². The normalized spacial score (nSPS) is 40.2. The largest absolute Gasteiger partial charge is 0.465 e. The van der Waals surface area contributed by atoms with E-state index < -0.39 is 18.1 Å². The van der Waals surface area contributed by atoms with E-state index in [2.05, 4.69) is 12.2 Å². The lowest BCUT2D eigenvalue weighted by Gasteiger charge is -2.31. The van der Waals surface area contributed by atoms with Gasteiger partial charge >= 0.3 is 6.09 Å². The molecule has 2 aliphatic carbocycles. The molecule has 0 aromatic carbocycles. The van der Waals surface area contributed by atoms with E-state index in [0.717, 1.165) is 12.8 Å². The van der Waals surface area contributed by atoms with E-state index in [9.17, 15) is 24.3 Å². The fourth-order valence-corrected chi connectivity index (χ4v) is 6.31. The van der Waals surface area contributed by atoms with Gasteiger partial charge in [0.05, 0.1) is 18.0 Å². The van der Waals surface area contributed by atoms with E-state index in [1.807, 2.05) is 0 Å². The summed E-state index contributed by atoms with van der Waals surface area (Å²) >= 11 is 0. The molecule has 3 aliphatic heterocycles. The number of hydrogen-bond acceptors (Lipinski definition) is 4. The topological polar surface area (TPSA) is 98.2 Å². The van der Waals surface area contributed by atoms with Crippen LogP contribution in [0.15, 0.2) is 12.2 Å². The summed E-state index contributed by atoms with van der Waals surface area (Å²) in [4.78, 5) is 55.3. The first-order valence-electron chi connectivity index (χ1n) is 10.7. The van der Waals surface area contributed by atoms with Crippen molar-refractivity contribution >= 4 is 23.8 Å². The van der Waals surface area contributed by atoms with Gasteiger partial charge in [-0.1, -0.05) is 19.1 Å². The van der Waals surface area contributed by atoms with Gasteiger partial charge in [0.1, 0.15) is 6.04 Å². The predicted octanol–water partition coefficient (Wildman–Crippen LogP) is 1.32. The summed E-state index contributed by atoms with van der Waals surface area (Å²) in [6.45, 7) is 2.63. The van der Waals surface area contributed by atoms with Gasteiger partial charge in [0.2, 0.25) is 17.7 Å².